The average molecular weight is 350 g/mol. The Labute approximate surface area is 145 Å². The fourth-order valence-electron chi connectivity index (χ4n) is 2.00. The third kappa shape index (κ3) is 9.90. The number of piperazine rings is 1. The molecule has 0 aromatic heterocycles. The number of nitrogens with one attached hydrogen (secondary N) is 1. The van der Waals surface area contributed by atoms with E-state index in [-0.39, 0.29) is 5.97 Å². The van der Waals surface area contributed by atoms with Gasteiger partial charge in [0.05, 0.1) is 5.56 Å². The molecule has 1 heterocycles. The Balaban J connectivity index is 0.000000333. The van der Waals surface area contributed by atoms with Crippen LogP contribution in [0.2, 0.25) is 0 Å². The number of ether oxygens (including phenoxy) is 1. The molecule has 25 heavy (non-hydrogen) atoms. The molecule has 8 heteroatoms. The predicted octanol–water partition coefficient (Wildman–Crippen LogP) is 0.460. The van der Waals surface area contributed by atoms with E-state index in [2.05, 4.69) is 10.2 Å². The monoisotopic (exact) mass is 350 g/mol. The molecule has 0 unspecified atom stereocenters. The van der Waals surface area contributed by atoms with Gasteiger partial charge in [0.25, 0.3) is 0 Å². The topological polar surface area (TPSA) is 116 Å². The molecule has 8 nitrogen and oxygen atoms in total. The smallest absolute Gasteiger partial charge is 0.338 e. The van der Waals surface area contributed by atoms with Gasteiger partial charge in [-0.3, -0.25) is 4.90 Å². The third-order valence-electron chi connectivity index (χ3n) is 3.23. The number of aliphatic carboxylic acids is 2. The molecule has 0 amide bonds. The molecule has 1 fully saturated rings. The van der Waals surface area contributed by atoms with Crippen LogP contribution in [0.4, 0.5) is 0 Å². The molecule has 0 bridgehead atoms. The van der Waals surface area contributed by atoms with Crippen molar-refractivity contribution in [3.63, 3.8) is 0 Å². The SMILES string of the molecule is O=C(O)/C=C\C(=O)O.O=C(OCCN1CCNCC1)c1ccccc1. The first kappa shape index (κ1) is 20.3. The van der Waals surface area contributed by atoms with Crippen LogP contribution in [0, 0.1) is 0 Å². The van der Waals surface area contributed by atoms with E-state index < -0.39 is 11.9 Å². The second-order valence-corrected chi connectivity index (χ2v) is 5.10. The first-order chi connectivity index (χ1) is 12.0. The van der Waals surface area contributed by atoms with Crippen LogP contribution in [-0.2, 0) is 14.3 Å². The van der Waals surface area contributed by atoms with Crippen LogP contribution in [0.3, 0.4) is 0 Å². The molecule has 1 aromatic rings. The Morgan fingerprint density at radius 3 is 2.12 bits per heavy atom. The lowest BCUT2D eigenvalue weighted by atomic mass is 10.2. The lowest BCUT2D eigenvalue weighted by molar-refractivity contribution is -0.134. The lowest BCUT2D eigenvalue weighted by Gasteiger charge is -2.26. The Bertz CT molecular complexity index is 566. The molecule has 2 rings (SSSR count). The van der Waals surface area contributed by atoms with Gasteiger partial charge in [-0.15, -0.1) is 0 Å². The van der Waals surface area contributed by atoms with Gasteiger partial charge in [-0.2, -0.15) is 0 Å². The van der Waals surface area contributed by atoms with Crippen molar-refractivity contribution in [3.8, 4) is 0 Å². The van der Waals surface area contributed by atoms with Gasteiger partial charge in [0.2, 0.25) is 0 Å². The quantitative estimate of drug-likeness (QED) is 0.500. The maximum absolute atomic E-state index is 11.6. The lowest BCUT2D eigenvalue weighted by Crippen LogP contribution is -2.44. The van der Waals surface area contributed by atoms with Gasteiger partial charge in [-0.1, -0.05) is 18.2 Å². The molecule has 3 N–H and O–H groups in total. The Hall–Kier alpha value is -2.71. The van der Waals surface area contributed by atoms with E-state index in [0.29, 0.717) is 24.3 Å². The zero-order valence-corrected chi connectivity index (χ0v) is 13.8. The number of benzene rings is 1. The van der Waals surface area contributed by atoms with E-state index in [9.17, 15) is 14.4 Å². The largest absolute Gasteiger partial charge is 0.478 e. The van der Waals surface area contributed by atoms with Crippen molar-refractivity contribution >= 4 is 17.9 Å². The van der Waals surface area contributed by atoms with Crippen molar-refractivity contribution in [2.45, 2.75) is 0 Å². The molecule has 1 aliphatic rings. The standard InChI is InChI=1S/C13H18N2O2.C4H4O4/c16-13(12-4-2-1-3-5-12)17-11-10-15-8-6-14-7-9-15;5-3(6)1-2-4(7)8/h1-5,14H,6-11H2;1-2H,(H,5,6)(H,7,8)/b;2-1-. The van der Waals surface area contributed by atoms with Crippen LogP contribution in [0.25, 0.3) is 0 Å². The van der Waals surface area contributed by atoms with Crippen LogP contribution in [0.15, 0.2) is 42.5 Å². The molecular weight excluding hydrogens is 328 g/mol. The van der Waals surface area contributed by atoms with E-state index in [1.807, 2.05) is 18.2 Å². The minimum absolute atomic E-state index is 0.235. The first-order valence-electron chi connectivity index (χ1n) is 7.78. The van der Waals surface area contributed by atoms with Gasteiger partial charge < -0.3 is 20.3 Å². The highest BCUT2D eigenvalue weighted by molar-refractivity contribution is 5.89. The summed E-state index contributed by atoms with van der Waals surface area (Å²) in [4.78, 5) is 33.0. The van der Waals surface area contributed by atoms with E-state index >= 15 is 0 Å². The summed E-state index contributed by atoms with van der Waals surface area (Å²) in [5.74, 6) is -2.75. The fourth-order valence-corrected chi connectivity index (χ4v) is 2.00. The van der Waals surface area contributed by atoms with Gasteiger partial charge in [-0.05, 0) is 12.1 Å². The van der Waals surface area contributed by atoms with Crippen LogP contribution < -0.4 is 5.32 Å². The molecule has 1 saturated heterocycles. The number of nitrogens with zero attached hydrogens (tertiary/aromatic N) is 1. The summed E-state index contributed by atoms with van der Waals surface area (Å²) in [5, 5.41) is 18.9. The summed E-state index contributed by atoms with van der Waals surface area (Å²) < 4.78 is 5.23. The summed E-state index contributed by atoms with van der Waals surface area (Å²) in [6.45, 7) is 5.39. The van der Waals surface area contributed by atoms with Crippen molar-refractivity contribution in [2.24, 2.45) is 0 Å². The number of carbonyl (C=O) groups is 3. The zero-order valence-electron chi connectivity index (χ0n) is 13.8. The van der Waals surface area contributed by atoms with Gasteiger partial charge >= 0.3 is 17.9 Å². The second kappa shape index (κ2) is 11.8. The Morgan fingerprint density at radius 2 is 1.60 bits per heavy atom. The van der Waals surface area contributed by atoms with E-state index in [1.54, 1.807) is 12.1 Å². The van der Waals surface area contributed by atoms with Crippen LogP contribution in [0.1, 0.15) is 10.4 Å². The van der Waals surface area contributed by atoms with Gasteiger partial charge in [0.1, 0.15) is 6.61 Å². The van der Waals surface area contributed by atoms with E-state index in [1.165, 1.54) is 0 Å². The van der Waals surface area contributed by atoms with Crippen LogP contribution in [0.5, 0.6) is 0 Å². The highest BCUT2D eigenvalue weighted by Crippen LogP contribution is 2.01. The fraction of sp³-hybridized carbons (Fsp3) is 0.353. The van der Waals surface area contributed by atoms with Crippen LogP contribution >= 0.6 is 0 Å². The summed E-state index contributed by atoms with van der Waals surface area (Å²) >= 11 is 0. The average Bonchev–Trinajstić information content (AvgIpc) is 2.62. The summed E-state index contributed by atoms with van der Waals surface area (Å²) in [7, 11) is 0. The number of hydrogen-bond donors (Lipinski definition) is 3. The maximum atomic E-state index is 11.6. The number of carboxylic acids is 2. The summed E-state index contributed by atoms with van der Waals surface area (Å²) in [6.07, 6.45) is 1.12. The molecule has 0 aliphatic carbocycles. The van der Waals surface area contributed by atoms with Crippen molar-refractivity contribution in [2.75, 3.05) is 39.3 Å². The molecule has 1 aliphatic heterocycles. The predicted molar refractivity (Wildman–Crippen MR) is 90.4 cm³/mol. The van der Waals surface area contributed by atoms with E-state index in [4.69, 9.17) is 14.9 Å². The molecule has 1 aromatic carbocycles. The van der Waals surface area contributed by atoms with Crippen molar-refractivity contribution in [1.82, 2.24) is 10.2 Å². The number of carbonyl (C=O) groups excluding carboxylic acids is 1. The third-order valence-corrected chi connectivity index (χ3v) is 3.23. The normalized spacial score (nSPS) is 14.4. The van der Waals surface area contributed by atoms with Crippen molar-refractivity contribution in [1.29, 1.82) is 0 Å². The summed E-state index contributed by atoms with van der Waals surface area (Å²) in [6, 6.07) is 9.11. The molecule has 0 spiro atoms. The maximum Gasteiger partial charge on any atom is 0.338 e. The molecule has 0 atom stereocenters. The number of hydrogen-bond acceptors (Lipinski definition) is 6. The first-order valence-corrected chi connectivity index (χ1v) is 7.78. The summed E-state index contributed by atoms with van der Waals surface area (Å²) in [5.41, 5.74) is 0.618. The molecule has 136 valence electrons. The second-order valence-electron chi connectivity index (χ2n) is 5.10. The minimum Gasteiger partial charge on any atom is -0.478 e. The highest BCUT2D eigenvalue weighted by Gasteiger charge is 2.10. The number of carboxylic acid groups (broad SMARTS) is 2. The molecule has 0 radical (unpaired) electrons. The number of rotatable bonds is 6. The number of esters is 1. The molecule has 0 saturated carbocycles. The van der Waals surface area contributed by atoms with Crippen LogP contribution in [-0.4, -0.2) is 72.4 Å². The van der Waals surface area contributed by atoms with Crippen molar-refractivity contribution < 1.29 is 29.3 Å². The van der Waals surface area contributed by atoms with E-state index in [0.717, 1.165) is 32.7 Å². The van der Waals surface area contributed by atoms with Gasteiger partial charge in [0.15, 0.2) is 0 Å². The van der Waals surface area contributed by atoms with Gasteiger partial charge in [-0.25, -0.2) is 14.4 Å². The Morgan fingerprint density at radius 1 is 1.04 bits per heavy atom. The van der Waals surface area contributed by atoms with Crippen molar-refractivity contribution in [3.05, 3.63) is 48.0 Å². The Kier molecular flexibility index (Phi) is 9.57. The molecular formula is C17H22N2O6. The minimum atomic E-state index is -1.26. The zero-order chi connectivity index (χ0) is 18.5. The highest BCUT2D eigenvalue weighted by atomic mass is 16.5. The van der Waals surface area contributed by atoms with Gasteiger partial charge in [0, 0.05) is 44.9 Å².